The van der Waals surface area contributed by atoms with Crippen LogP contribution in [0.3, 0.4) is 0 Å². The van der Waals surface area contributed by atoms with Crippen LogP contribution >= 0.6 is 0 Å². The van der Waals surface area contributed by atoms with Gasteiger partial charge in [-0.25, -0.2) is 9.78 Å². The van der Waals surface area contributed by atoms with Crippen LogP contribution in [0.5, 0.6) is 5.75 Å². The van der Waals surface area contributed by atoms with Crippen molar-refractivity contribution in [3.05, 3.63) is 54.4 Å². The topological polar surface area (TPSA) is 81.2 Å². The molecule has 0 radical (unpaired) electrons. The number of nitrogens with one attached hydrogen (secondary N) is 2. The van der Waals surface area contributed by atoms with Crippen molar-refractivity contribution in [3.63, 3.8) is 0 Å². The Morgan fingerprint density at radius 2 is 2.09 bits per heavy atom. The number of carbonyl (C=O) groups excluding carboxylic acids is 1. The zero-order valence-electron chi connectivity index (χ0n) is 11.7. The van der Waals surface area contributed by atoms with Crippen LogP contribution in [-0.2, 0) is 0 Å². The van der Waals surface area contributed by atoms with Crippen molar-refractivity contribution < 1.29 is 9.90 Å². The fraction of sp³-hybridized carbons (Fsp3) is 0.125. The van der Waals surface area contributed by atoms with Crippen LogP contribution in [0.15, 0.2) is 48.8 Å². The predicted octanol–water partition coefficient (Wildman–Crippen LogP) is 2.54. The van der Waals surface area contributed by atoms with E-state index in [0.29, 0.717) is 6.54 Å². The first-order valence-corrected chi connectivity index (χ1v) is 7.02. The molecule has 110 valence electrons. The summed E-state index contributed by atoms with van der Waals surface area (Å²) in [6.45, 7) is 0.453. The summed E-state index contributed by atoms with van der Waals surface area (Å²) < 4.78 is 0. The molecule has 6 nitrogen and oxygen atoms in total. The van der Waals surface area contributed by atoms with E-state index in [9.17, 15) is 9.90 Å². The fourth-order valence-electron chi connectivity index (χ4n) is 2.89. The number of fused-ring (bicyclic) bond motifs is 1. The smallest absolute Gasteiger partial charge is 0.322 e. The van der Waals surface area contributed by atoms with Gasteiger partial charge >= 0.3 is 6.03 Å². The SMILES string of the molecule is O=C1NCC(c2ccccc2O)N1c1ccc2[nH]cnc2c1. The minimum Gasteiger partial charge on any atom is -0.508 e. The summed E-state index contributed by atoms with van der Waals surface area (Å²) in [5.74, 6) is 0.190. The van der Waals surface area contributed by atoms with Gasteiger partial charge in [0, 0.05) is 17.8 Å². The fourth-order valence-corrected chi connectivity index (χ4v) is 2.89. The van der Waals surface area contributed by atoms with Crippen LogP contribution in [0.4, 0.5) is 10.5 Å². The van der Waals surface area contributed by atoms with Crippen LogP contribution < -0.4 is 10.2 Å². The molecule has 0 aliphatic carbocycles. The molecule has 3 N–H and O–H groups in total. The molecule has 1 atom stereocenters. The van der Waals surface area contributed by atoms with E-state index in [2.05, 4.69) is 15.3 Å². The second-order valence-electron chi connectivity index (χ2n) is 5.23. The van der Waals surface area contributed by atoms with Crippen LogP contribution in [0.2, 0.25) is 0 Å². The number of carbonyl (C=O) groups is 1. The Bertz CT molecular complexity index is 858. The first kappa shape index (κ1) is 12.7. The highest BCUT2D eigenvalue weighted by Crippen LogP contribution is 2.35. The molecule has 1 aromatic heterocycles. The Labute approximate surface area is 126 Å². The average Bonchev–Trinajstić information content (AvgIpc) is 3.13. The molecule has 1 aliphatic rings. The number of imidazole rings is 1. The number of benzene rings is 2. The van der Waals surface area contributed by atoms with Crippen molar-refractivity contribution in [2.75, 3.05) is 11.4 Å². The molecule has 2 amide bonds. The maximum Gasteiger partial charge on any atom is 0.322 e. The van der Waals surface area contributed by atoms with Gasteiger partial charge in [0.05, 0.1) is 23.4 Å². The number of hydrogen-bond acceptors (Lipinski definition) is 3. The number of anilines is 1. The summed E-state index contributed by atoms with van der Waals surface area (Å²) in [5, 5.41) is 12.9. The van der Waals surface area contributed by atoms with Crippen molar-refractivity contribution in [1.29, 1.82) is 0 Å². The largest absolute Gasteiger partial charge is 0.508 e. The molecule has 3 aromatic rings. The highest BCUT2D eigenvalue weighted by atomic mass is 16.3. The summed E-state index contributed by atoms with van der Waals surface area (Å²) in [5.41, 5.74) is 3.20. The quantitative estimate of drug-likeness (QED) is 0.679. The minimum atomic E-state index is -0.245. The van der Waals surface area contributed by atoms with Gasteiger partial charge in [0.15, 0.2) is 0 Å². The number of aromatic amines is 1. The third-order valence-corrected chi connectivity index (χ3v) is 3.96. The first-order chi connectivity index (χ1) is 10.7. The third-order valence-electron chi connectivity index (χ3n) is 3.96. The number of aromatic nitrogens is 2. The summed E-state index contributed by atoms with van der Waals surface area (Å²) in [6.07, 6.45) is 1.62. The summed E-state index contributed by atoms with van der Waals surface area (Å²) in [4.78, 5) is 21.2. The van der Waals surface area contributed by atoms with E-state index in [-0.39, 0.29) is 17.8 Å². The molecule has 2 aromatic carbocycles. The third kappa shape index (κ3) is 1.88. The van der Waals surface area contributed by atoms with Crippen molar-refractivity contribution >= 4 is 22.8 Å². The molecule has 1 aliphatic heterocycles. The highest BCUT2D eigenvalue weighted by molar-refractivity contribution is 5.97. The maximum atomic E-state index is 12.2. The number of para-hydroxylation sites is 1. The Hall–Kier alpha value is -3.02. The molecule has 22 heavy (non-hydrogen) atoms. The number of amides is 2. The average molecular weight is 294 g/mol. The Morgan fingerprint density at radius 1 is 1.23 bits per heavy atom. The monoisotopic (exact) mass is 294 g/mol. The molecular weight excluding hydrogens is 280 g/mol. The Morgan fingerprint density at radius 3 is 2.95 bits per heavy atom. The van der Waals surface area contributed by atoms with Gasteiger partial charge in [-0.2, -0.15) is 0 Å². The number of hydrogen-bond donors (Lipinski definition) is 3. The van der Waals surface area contributed by atoms with E-state index in [1.807, 2.05) is 30.3 Å². The van der Waals surface area contributed by atoms with Crippen molar-refractivity contribution in [3.8, 4) is 5.75 Å². The van der Waals surface area contributed by atoms with E-state index < -0.39 is 0 Å². The number of phenolic OH excluding ortho intramolecular Hbond substituents is 1. The number of rotatable bonds is 2. The van der Waals surface area contributed by atoms with Crippen molar-refractivity contribution in [2.24, 2.45) is 0 Å². The van der Waals surface area contributed by atoms with Gasteiger partial charge in [0.25, 0.3) is 0 Å². The van der Waals surface area contributed by atoms with Gasteiger partial charge in [-0.15, -0.1) is 0 Å². The zero-order valence-corrected chi connectivity index (χ0v) is 11.7. The summed E-state index contributed by atoms with van der Waals surface area (Å²) in [6, 6.07) is 12.3. The molecule has 0 saturated carbocycles. The molecular formula is C16H14N4O2. The summed E-state index contributed by atoms with van der Waals surface area (Å²) >= 11 is 0. The lowest BCUT2D eigenvalue weighted by molar-refractivity contribution is 0.251. The number of urea groups is 1. The number of nitrogens with zero attached hydrogens (tertiary/aromatic N) is 2. The second-order valence-corrected chi connectivity index (χ2v) is 5.23. The first-order valence-electron chi connectivity index (χ1n) is 7.02. The lowest BCUT2D eigenvalue weighted by Crippen LogP contribution is -2.29. The second kappa shape index (κ2) is 4.77. The van der Waals surface area contributed by atoms with Crippen LogP contribution in [0, 0.1) is 0 Å². The van der Waals surface area contributed by atoms with Gasteiger partial charge in [-0.3, -0.25) is 4.90 Å². The number of phenols is 1. The summed E-state index contributed by atoms with van der Waals surface area (Å²) in [7, 11) is 0. The molecule has 6 heteroatoms. The van der Waals surface area contributed by atoms with E-state index in [4.69, 9.17) is 0 Å². The molecule has 1 unspecified atom stereocenters. The van der Waals surface area contributed by atoms with E-state index >= 15 is 0 Å². The zero-order chi connectivity index (χ0) is 15.1. The van der Waals surface area contributed by atoms with E-state index in [1.165, 1.54) is 0 Å². The van der Waals surface area contributed by atoms with Crippen molar-refractivity contribution in [2.45, 2.75) is 6.04 Å². The predicted molar refractivity (Wildman–Crippen MR) is 82.8 cm³/mol. The van der Waals surface area contributed by atoms with Gasteiger partial charge in [-0.05, 0) is 24.3 Å². The maximum absolute atomic E-state index is 12.2. The van der Waals surface area contributed by atoms with Gasteiger partial charge < -0.3 is 15.4 Å². The van der Waals surface area contributed by atoms with Gasteiger partial charge in [0.1, 0.15) is 5.75 Å². The lowest BCUT2D eigenvalue weighted by atomic mass is 10.0. The van der Waals surface area contributed by atoms with Crippen LogP contribution in [0.25, 0.3) is 11.0 Å². The minimum absolute atomic E-state index is 0.178. The van der Waals surface area contributed by atoms with Crippen LogP contribution in [0.1, 0.15) is 11.6 Å². The normalized spacial score (nSPS) is 17.9. The standard InChI is InChI=1S/C16H14N4O2/c21-15-4-2-1-3-11(15)14-8-17-16(22)20(14)10-5-6-12-13(7-10)19-9-18-12/h1-7,9,14,21H,8H2,(H,17,22)(H,18,19). The van der Waals surface area contributed by atoms with Gasteiger partial charge in [-0.1, -0.05) is 18.2 Å². The molecule has 2 heterocycles. The van der Waals surface area contributed by atoms with Crippen molar-refractivity contribution in [1.82, 2.24) is 15.3 Å². The molecule has 4 rings (SSSR count). The molecule has 0 spiro atoms. The van der Waals surface area contributed by atoms with E-state index in [1.54, 1.807) is 23.4 Å². The van der Waals surface area contributed by atoms with Crippen LogP contribution in [-0.4, -0.2) is 27.7 Å². The van der Waals surface area contributed by atoms with Gasteiger partial charge in [0.2, 0.25) is 0 Å². The van der Waals surface area contributed by atoms with E-state index in [0.717, 1.165) is 22.3 Å². The molecule has 0 bridgehead atoms. The molecule has 1 saturated heterocycles. The Balaban J connectivity index is 1.80. The number of H-pyrrole nitrogens is 1. The number of aromatic hydroxyl groups is 1. The molecule has 1 fully saturated rings. The lowest BCUT2D eigenvalue weighted by Gasteiger charge is -2.24. The Kier molecular flexibility index (Phi) is 2.75. The highest BCUT2D eigenvalue weighted by Gasteiger charge is 2.34.